The van der Waals surface area contributed by atoms with Crippen molar-refractivity contribution in [2.24, 2.45) is 0 Å². The van der Waals surface area contributed by atoms with E-state index in [0.717, 1.165) is 26.5 Å². The summed E-state index contributed by atoms with van der Waals surface area (Å²) in [5.74, 6) is 0. The monoisotopic (exact) mass is 238 g/mol. The quantitative estimate of drug-likeness (QED) is 0.593. The molecule has 1 aromatic carbocycles. The maximum atomic E-state index is 2.33. The molecule has 0 aliphatic heterocycles. The van der Waals surface area contributed by atoms with E-state index in [1.807, 2.05) is 0 Å². The van der Waals surface area contributed by atoms with E-state index in [0.29, 0.717) is 0 Å². The Balaban J connectivity index is 2.59. The van der Waals surface area contributed by atoms with Crippen LogP contribution < -0.4 is 0 Å². The molecule has 0 heterocycles. The van der Waals surface area contributed by atoms with E-state index in [2.05, 4.69) is 36.4 Å². The van der Waals surface area contributed by atoms with Gasteiger partial charge in [0.05, 0.1) is 0 Å². The van der Waals surface area contributed by atoms with Crippen LogP contribution >= 0.6 is 0 Å². The number of allylic oxidation sites excluding steroid dienone is 1. The molecule has 50 valence electrons. The van der Waals surface area contributed by atoms with E-state index in [1.54, 1.807) is 5.56 Å². The number of rotatable bonds is 0. The summed E-state index contributed by atoms with van der Waals surface area (Å²) < 4.78 is 0.831. The predicted octanol–water partition coefficient (Wildman–Crippen LogP) is 1.12. The second-order valence-corrected chi connectivity index (χ2v) is 6.33. The third kappa shape index (κ3) is 0.908. The average Bonchev–Trinajstić information content (AvgIpc) is 2.34. The van der Waals surface area contributed by atoms with Gasteiger partial charge in [-0.1, -0.05) is 0 Å². The fourth-order valence-electron chi connectivity index (χ4n) is 1.43. The van der Waals surface area contributed by atoms with Crippen molar-refractivity contribution in [3.05, 3.63) is 41.5 Å². The summed E-state index contributed by atoms with van der Waals surface area (Å²) in [7, 11) is 0. The van der Waals surface area contributed by atoms with Crippen LogP contribution in [0.15, 0.2) is 30.3 Å². The fraction of sp³-hybridized carbons (Fsp3) is 0.111. The molecule has 0 saturated carbocycles. The van der Waals surface area contributed by atoms with E-state index < -0.39 is 0 Å². The van der Waals surface area contributed by atoms with Gasteiger partial charge in [-0.25, -0.2) is 0 Å². The second kappa shape index (κ2) is 2.42. The summed E-state index contributed by atoms with van der Waals surface area (Å²) in [5, 5.41) is 0. The maximum absolute atomic E-state index is 2.33. The summed E-state index contributed by atoms with van der Waals surface area (Å²) in [6.07, 6.45) is 4.58. The van der Waals surface area contributed by atoms with Gasteiger partial charge in [0.2, 0.25) is 0 Å². The first kappa shape index (κ1) is 6.47. The standard InChI is InChI=1S/C9H7.Sn.3H/c1-2-5-9-7-3-6-8(9)4-1;;;;/h1-7H;;;;. The molecule has 0 N–H and O–H groups in total. The SMILES string of the molecule is [SnH3][CH]1C=Cc2ccccc21. The molecule has 1 heteroatoms. The first-order chi connectivity index (χ1) is 4.88. The molecule has 10 heavy (non-hydrogen) atoms. The van der Waals surface area contributed by atoms with Gasteiger partial charge in [-0.2, -0.15) is 0 Å². The van der Waals surface area contributed by atoms with E-state index in [-0.39, 0.29) is 0 Å². The Labute approximate surface area is 74.0 Å². The van der Waals surface area contributed by atoms with E-state index in [4.69, 9.17) is 0 Å². The topological polar surface area (TPSA) is 0 Å². The molecule has 1 aromatic rings. The molecule has 1 unspecified atom stereocenters. The van der Waals surface area contributed by atoms with Gasteiger partial charge in [0.25, 0.3) is 0 Å². The minimum absolute atomic E-state index is 0.740. The van der Waals surface area contributed by atoms with E-state index in [9.17, 15) is 0 Å². The zero-order valence-corrected chi connectivity index (χ0v) is 11.7. The van der Waals surface area contributed by atoms with Gasteiger partial charge in [-0.15, -0.1) is 0 Å². The molecule has 1 atom stereocenters. The summed E-state index contributed by atoms with van der Waals surface area (Å²) in [4.78, 5) is 0. The molecule has 0 radical (unpaired) electrons. The number of hydrogen-bond acceptors (Lipinski definition) is 0. The number of fused-ring (bicyclic) bond motifs is 1. The van der Waals surface area contributed by atoms with Crippen LogP contribution in [-0.2, 0) is 0 Å². The molecule has 0 fully saturated rings. The van der Waals surface area contributed by atoms with Gasteiger partial charge in [0.1, 0.15) is 0 Å². The van der Waals surface area contributed by atoms with Crippen LogP contribution in [0.2, 0.25) is 0 Å². The van der Waals surface area contributed by atoms with Gasteiger partial charge in [-0.3, -0.25) is 0 Å². The number of hydrogen-bond donors (Lipinski definition) is 0. The van der Waals surface area contributed by atoms with Crippen molar-refractivity contribution in [3.63, 3.8) is 0 Å². The normalized spacial score (nSPS) is 21.4. The summed E-state index contributed by atoms with van der Waals surface area (Å²) >= 11 is 0.740. The van der Waals surface area contributed by atoms with Crippen LogP contribution in [0.25, 0.3) is 6.08 Å². The molecule has 0 spiro atoms. The molecule has 2 rings (SSSR count). The third-order valence-electron chi connectivity index (χ3n) is 2.05. The summed E-state index contributed by atoms with van der Waals surface area (Å²) in [6.45, 7) is 0. The van der Waals surface area contributed by atoms with E-state index >= 15 is 0 Å². The van der Waals surface area contributed by atoms with Crippen molar-refractivity contribution >= 4 is 28.6 Å². The molecule has 0 amide bonds. The molecular formula is C9H10Sn. The van der Waals surface area contributed by atoms with Crippen LogP contribution in [0.4, 0.5) is 0 Å². The first-order valence-corrected chi connectivity index (χ1v) is 6.94. The van der Waals surface area contributed by atoms with Crippen molar-refractivity contribution in [2.45, 2.75) is 3.93 Å². The van der Waals surface area contributed by atoms with E-state index in [1.165, 1.54) is 5.56 Å². The summed E-state index contributed by atoms with van der Waals surface area (Å²) in [5.41, 5.74) is 2.99. The Morgan fingerprint density at radius 1 is 1.20 bits per heavy atom. The van der Waals surface area contributed by atoms with Crippen LogP contribution in [-0.4, -0.2) is 22.5 Å². The third-order valence-corrected chi connectivity index (χ3v) is 4.92. The fourth-order valence-corrected chi connectivity index (χ4v) is 3.48. The Bertz CT molecular complexity index is 276. The average molecular weight is 237 g/mol. The zero-order chi connectivity index (χ0) is 6.97. The molecule has 0 saturated heterocycles. The van der Waals surface area contributed by atoms with Crippen LogP contribution in [0.5, 0.6) is 0 Å². The Morgan fingerprint density at radius 2 is 2.00 bits per heavy atom. The number of benzene rings is 1. The van der Waals surface area contributed by atoms with Crippen molar-refractivity contribution < 1.29 is 0 Å². The van der Waals surface area contributed by atoms with Crippen LogP contribution in [0.3, 0.4) is 0 Å². The van der Waals surface area contributed by atoms with Crippen molar-refractivity contribution in [1.82, 2.24) is 0 Å². The Morgan fingerprint density at radius 3 is 2.80 bits per heavy atom. The summed E-state index contributed by atoms with van der Waals surface area (Å²) in [6, 6.07) is 8.68. The molecular weight excluding hydrogens is 227 g/mol. The van der Waals surface area contributed by atoms with Gasteiger partial charge in [-0.05, 0) is 0 Å². The van der Waals surface area contributed by atoms with Crippen molar-refractivity contribution in [3.8, 4) is 0 Å². The van der Waals surface area contributed by atoms with Gasteiger partial charge in [0.15, 0.2) is 0 Å². The Hall–Kier alpha value is -0.241. The molecule has 1 aliphatic rings. The Kier molecular flexibility index (Phi) is 1.57. The molecule has 1 aliphatic carbocycles. The molecule has 0 aromatic heterocycles. The van der Waals surface area contributed by atoms with Crippen LogP contribution in [0.1, 0.15) is 15.1 Å². The van der Waals surface area contributed by atoms with Crippen LogP contribution in [0, 0.1) is 0 Å². The van der Waals surface area contributed by atoms with Crippen molar-refractivity contribution in [2.75, 3.05) is 0 Å². The first-order valence-electron chi connectivity index (χ1n) is 3.65. The van der Waals surface area contributed by atoms with Gasteiger partial charge in [0, 0.05) is 0 Å². The molecule has 0 bridgehead atoms. The zero-order valence-electron chi connectivity index (χ0n) is 6.04. The van der Waals surface area contributed by atoms with Gasteiger partial charge < -0.3 is 0 Å². The minimum atomic E-state index is 0.740. The second-order valence-electron chi connectivity index (χ2n) is 2.78. The predicted molar refractivity (Wildman–Crippen MR) is 48.2 cm³/mol. The molecule has 0 nitrogen and oxygen atoms in total. The van der Waals surface area contributed by atoms with Crippen molar-refractivity contribution in [1.29, 1.82) is 0 Å². The van der Waals surface area contributed by atoms with Gasteiger partial charge >= 0.3 is 74.0 Å².